The van der Waals surface area contributed by atoms with Crippen LogP contribution in [0.4, 0.5) is 20.3 Å². The Labute approximate surface area is 125 Å². The normalized spacial score (nSPS) is 10.3. The molecule has 0 atom stereocenters. The van der Waals surface area contributed by atoms with E-state index in [1.54, 1.807) is 6.07 Å². The number of halogens is 3. The largest absolute Gasteiger partial charge is 0.370 e. The summed E-state index contributed by atoms with van der Waals surface area (Å²) in [5, 5.41) is 5.04. The van der Waals surface area contributed by atoms with Crippen LogP contribution in [0.2, 0.25) is 5.02 Å². The maximum Gasteiger partial charge on any atom is 0.259 e. The van der Waals surface area contributed by atoms with Crippen molar-refractivity contribution in [3.05, 3.63) is 52.7 Å². The van der Waals surface area contributed by atoms with Gasteiger partial charge in [-0.05, 0) is 25.1 Å². The number of anilines is 2. The monoisotopic (exact) mass is 311 g/mol. The molecule has 7 heteroatoms. The van der Waals surface area contributed by atoms with Crippen molar-refractivity contribution in [2.45, 2.75) is 6.92 Å². The molecule has 4 nitrogen and oxygen atoms in total. The van der Waals surface area contributed by atoms with E-state index in [2.05, 4.69) is 15.6 Å². The number of nitrogens with one attached hydrogen (secondary N) is 2. The molecule has 2 N–H and O–H groups in total. The van der Waals surface area contributed by atoms with Crippen LogP contribution in [-0.2, 0) is 0 Å². The minimum atomic E-state index is -0.942. The predicted octanol–water partition coefficient (Wildman–Crippen LogP) is 3.70. The van der Waals surface area contributed by atoms with Gasteiger partial charge >= 0.3 is 0 Å². The molecule has 0 radical (unpaired) electrons. The molecule has 0 fully saturated rings. The minimum absolute atomic E-state index is 0.213. The Bertz CT molecular complexity index is 656. The second-order valence-electron chi connectivity index (χ2n) is 4.13. The van der Waals surface area contributed by atoms with E-state index in [4.69, 9.17) is 11.6 Å². The van der Waals surface area contributed by atoms with Crippen LogP contribution in [0.15, 0.2) is 30.5 Å². The first-order valence-electron chi connectivity index (χ1n) is 6.17. The van der Waals surface area contributed by atoms with Crippen molar-refractivity contribution >= 4 is 29.0 Å². The van der Waals surface area contributed by atoms with Gasteiger partial charge in [0.25, 0.3) is 5.91 Å². The van der Waals surface area contributed by atoms with Crippen molar-refractivity contribution in [2.24, 2.45) is 0 Å². The Balaban J connectivity index is 2.31. The van der Waals surface area contributed by atoms with Crippen LogP contribution in [0.5, 0.6) is 0 Å². The van der Waals surface area contributed by atoms with Gasteiger partial charge in [-0.2, -0.15) is 0 Å². The topological polar surface area (TPSA) is 54.0 Å². The molecule has 0 aliphatic heterocycles. The van der Waals surface area contributed by atoms with E-state index in [1.165, 1.54) is 12.3 Å². The highest BCUT2D eigenvalue weighted by molar-refractivity contribution is 6.34. The Hall–Kier alpha value is -2.21. The lowest BCUT2D eigenvalue weighted by Crippen LogP contribution is -2.16. The van der Waals surface area contributed by atoms with Crippen molar-refractivity contribution in [1.82, 2.24) is 4.98 Å². The van der Waals surface area contributed by atoms with Crippen LogP contribution in [-0.4, -0.2) is 17.4 Å². The number of rotatable bonds is 4. The lowest BCUT2D eigenvalue weighted by molar-refractivity contribution is 0.102. The molecule has 1 aromatic heterocycles. The summed E-state index contributed by atoms with van der Waals surface area (Å²) in [6.45, 7) is 2.43. The fourth-order valence-corrected chi connectivity index (χ4v) is 1.98. The van der Waals surface area contributed by atoms with Crippen LogP contribution in [0.3, 0.4) is 0 Å². The smallest absolute Gasteiger partial charge is 0.259 e. The second-order valence-corrected chi connectivity index (χ2v) is 4.54. The molecule has 0 spiro atoms. The summed E-state index contributed by atoms with van der Waals surface area (Å²) >= 11 is 5.74. The van der Waals surface area contributed by atoms with Crippen molar-refractivity contribution in [1.29, 1.82) is 0 Å². The number of hydrogen-bond acceptors (Lipinski definition) is 3. The highest BCUT2D eigenvalue weighted by atomic mass is 35.5. The third-order valence-corrected chi connectivity index (χ3v) is 2.94. The summed E-state index contributed by atoms with van der Waals surface area (Å²) in [5.41, 5.74) is -0.0338. The maximum absolute atomic E-state index is 13.7. The fourth-order valence-electron chi connectivity index (χ4n) is 1.74. The molecule has 0 bridgehead atoms. The Morgan fingerprint density at radius 2 is 2.14 bits per heavy atom. The highest BCUT2D eigenvalue weighted by Crippen LogP contribution is 2.27. The molecule has 110 valence electrons. The van der Waals surface area contributed by atoms with Gasteiger partial charge in [0.05, 0.1) is 16.3 Å². The summed E-state index contributed by atoms with van der Waals surface area (Å²) in [7, 11) is 0. The minimum Gasteiger partial charge on any atom is -0.370 e. The van der Waals surface area contributed by atoms with Crippen LogP contribution in [0, 0.1) is 11.6 Å². The molecule has 1 amide bonds. The molecule has 0 saturated carbocycles. The number of pyridine rings is 1. The molecular formula is C14H12ClF2N3O. The SMILES string of the molecule is CCNc1ncccc1C(=O)Nc1c(F)cc(F)cc1Cl. The van der Waals surface area contributed by atoms with Gasteiger partial charge in [0.1, 0.15) is 11.6 Å². The molecule has 1 aromatic carbocycles. The van der Waals surface area contributed by atoms with Crippen molar-refractivity contribution in [3.8, 4) is 0 Å². The van der Waals surface area contributed by atoms with Gasteiger partial charge in [-0.15, -0.1) is 0 Å². The molecule has 21 heavy (non-hydrogen) atoms. The third-order valence-electron chi connectivity index (χ3n) is 2.64. The summed E-state index contributed by atoms with van der Waals surface area (Å²) in [6.07, 6.45) is 1.53. The average molecular weight is 312 g/mol. The molecule has 0 aliphatic rings. The molecule has 2 aromatic rings. The highest BCUT2D eigenvalue weighted by Gasteiger charge is 2.17. The van der Waals surface area contributed by atoms with E-state index in [-0.39, 0.29) is 16.3 Å². The maximum atomic E-state index is 13.7. The number of nitrogens with zero attached hydrogens (tertiary/aromatic N) is 1. The lowest BCUT2D eigenvalue weighted by Gasteiger charge is -2.11. The van der Waals surface area contributed by atoms with Crippen molar-refractivity contribution < 1.29 is 13.6 Å². The van der Waals surface area contributed by atoms with Crippen molar-refractivity contribution in [2.75, 3.05) is 17.2 Å². The van der Waals surface area contributed by atoms with Gasteiger partial charge in [0.2, 0.25) is 0 Å². The average Bonchev–Trinajstić information content (AvgIpc) is 2.43. The van der Waals surface area contributed by atoms with Gasteiger partial charge in [-0.3, -0.25) is 4.79 Å². The van der Waals surface area contributed by atoms with E-state index in [1.807, 2.05) is 6.92 Å². The predicted molar refractivity (Wildman–Crippen MR) is 77.7 cm³/mol. The van der Waals surface area contributed by atoms with Crippen LogP contribution < -0.4 is 10.6 Å². The zero-order chi connectivity index (χ0) is 15.4. The molecule has 0 unspecified atom stereocenters. The zero-order valence-electron chi connectivity index (χ0n) is 11.1. The van der Waals surface area contributed by atoms with Gasteiger partial charge in [-0.25, -0.2) is 13.8 Å². The van der Waals surface area contributed by atoms with Gasteiger partial charge in [0.15, 0.2) is 5.82 Å². The first-order chi connectivity index (χ1) is 10.0. The van der Waals surface area contributed by atoms with Crippen LogP contribution >= 0.6 is 11.6 Å². The van der Waals surface area contributed by atoms with E-state index in [0.717, 1.165) is 6.07 Å². The van der Waals surface area contributed by atoms with Crippen LogP contribution in [0.25, 0.3) is 0 Å². The summed E-state index contributed by atoms with van der Waals surface area (Å²) < 4.78 is 26.6. The second kappa shape index (κ2) is 6.49. The van der Waals surface area contributed by atoms with Gasteiger partial charge < -0.3 is 10.6 Å². The van der Waals surface area contributed by atoms with E-state index in [9.17, 15) is 13.6 Å². The molecular weight excluding hydrogens is 300 g/mol. The molecule has 2 rings (SSSR count). The third kappa shape index (κ3) is 3.46. The fraction of sp³-hybridized carbons (Fsp3) is 0.143. The molecule has 1 heterocycles. The Morgan fingerprint density at radius 3 is 2.81 bits per heavy atom. The standard InChI is InChI=1S/C14H12ClF2N3O/c1-2-18-13-9(4-3-5-19-13)14(21)20-12-10(15)6-8(16)7-11(12)17/h3-7H,2H2,1H3,(H,18,19)(H,20,21). The first-order valence-corrected chi connectivity index (χ1v) is 6.55. The number of carbonyl (C=O) groups excluding carboxylic acids is 1. The van der Waals surface area contributed by atoms with Crippen molar-refractivity contribution in [3.63, 3.8) is 0 Å². The van der Waals surface area contributed by atoms with E-state index < -0.39 is 17.5 Å². The Morgan fingerprint density at radius 1 is 1.38 bits per heavy atom. The van der Waals surface area contributed by atoms with Gasteiger partial charge in [0, 0.05) is 18.8 Å². The van der Waals surface area contributed by atoms with Crippen LogP contribution in [0.1, 0.15) is 17.3 Å². The number of carbonyl (C=O) groups is 1. The Kier molecular flexibility index (Phi) is 4.70. The summed E-state index contributed by atoms with van der Waals surface area (Å²) in [4.78, 5) is 16.2. The van der Waals surface area contributed by atoms with E-state index in [0.29, 0.717) is 18.4 Å². The number of amides is 1. The summed E-state index contributed by atoms with van der Waals surface area (Å²) in [6, 6.07) is 4.69. The number of aromatic nitrogens is 1. The van der Waals surface area contributed by atoms with E-state index >= 15 is 0 Å². The number of benzene rings is 1. The summed E-state index contributed by atoms with van der Waals surface area (Å²) in [5.74, 6) is -1.98. The van der Waals surface area contributed by atoms with Gasteiger partial charge in [-0.1, -0.05) is 11.6 Å². The molecule has 0 aliphatic carbocycles. The lowest BCUT2D eigenvalue weighted by atomic mass is 10.2. The zero-order valence-corrected chi connectivity index (χ0v) is 11.8. The first kappa shape index (κ1) is 15.2. The molecule has 0 saturated heterocycles. The number of hydrogen-bond donors (Lipinski definition) is 2. The quantitative estimate of drug-likeness (QED) is 0.905.